The van der Waals surface area contributed by atoms with Crippen LogP contribution in [-0.4, -0.2) is 40.6 Å². The van der Waals surface area contributed by atoms with Gasteiger partial charge in [0.2, 0.25) is 21.8 Å². The van der Waals surface area contributed by atoms with Crippen molar-refractivity contribution in [2.75, 3.05) is 25.2 Å². The number of carbonyl (C=O) groups is 2. The normalized spacial score (nSPS) is 15.0. The molecule has 0 bridgehead atoms. The fraction of sp³-hybridized carbons (Fsp3) is 0.391. The van der Waals surface area contributed by atoms with Crippen LogP contribution in [0.25, 0.3) is 0 Å². The summed E-state index contributed by atoms with van der Waals surface area (Å²) in [5.74, 6) is 0.552. The van der Waals surface area contributed by atoms with E-state index in [9.17, 15) is 18.0 Å². The minimum absolute atomic E-state index is 0.0775. The molecule has 1 N–H and O–H groups in total. The molecule has 0 saturated carbocycles. The third-order valence-electron chi connectivity index (χ3n) is 5.15. The summed E-state index contributed by atoms with van der Waals surface area (Å²) in [5, 5.41) is 0. The van der Waals surface area contributed by atoms with E-state index in [1.54, 1.807) is 25.1 Å². The molecular formula is C23H28N2O7S. The molecule has 2 aromatic rings. The molecule has 0 aromatic heterocycles. The van der Waals surface area contributed by atoms with Crippen LogP contribution in [0, 0.1) is 0 Å². The molecule has 2 aromatic carbocycles. The van der Waals surface area contributed by atoms with E-state index in [0.717, 1.165) is 4.90 Å². The topological polar surface area (TPSA) is 111 Å². The van der Waals surface area contributed by atoms with Crippen LogP contribution in [0.2, 0.25) is 0 Å². The minimum atomic E-state index is -3.99. The maximum atomic E-state index is 13.1. The van der Waals surface area contributed by atoms with Crippen molar-refractivity contribution in [1.82, 2.24) is 4.72 Å². The summed E-state index contributed by atoms with van der Waals surface area (Å²) >= 11 is 0. The second kappa shape index (κ2) is 10.2. The van der Waals surface area contributed by atoms with E-state index in [1.165, 1.54) is 25.3 Å². The largest absolute Gasteiger partial charge is 0.495 e. The van der Waals surface area contributed by atoms with Gasteiger partial charge in [-0.1, -0.05) is 6.07 Å². The molecule has 1 saturated heterocycles. The van der Waals surface area contributed by atoms with Gasteiger partial charge in [0, 0.05) is 18.9 Å². The zero-order valence-corrected chi connectivity index (χ0v) is 19.9. The van der Waals surface area contributed by atoms with Crippen LogP contribution in [0.3, 0.4) is 0 Å². The monoisotopic (exact) mass is 476 g/mol. The highest BCUT2D eigenvalue weighted by Gasteiger charge is 2.33. The highest BCUT2D eigenvalue weighted by Crippen LogP contribution is 2.35. The van der Waals surface area contributed by atoms with Crippen LogP contribution in [-0.2, 0) is 19.6 Å². The van der Waals surface area contributed by atoms with Crippen LogP contribution in [0.5, 0.6) is 17.2 Å². The maximum absolute atomic E-state index is 13.1. The van der Waals surface area contributed by atoms with Gasteiger partial charge in [0.05, 0.1) is 30.9 Å². The fourth-order valence-electron chi connectivity index (χ4n) is 3.56. The molecule has 1 aliphatic rings. The number of rotatable bonds is 10. The number of methoxy groups -OCH3 is 1. The molecule has 0 spiro atoms. The number of hydrogen-bond donors (Lipinski definition) is 1. The third-order valence-corrected chi connectivity index (χ3v) is 6.69. The number of anilines is 1. The molecule has 0 unspecified atom stereocenters. The molecule has 1 atom stereocenters. The van der Waals surface area contributed by atoms with E-state index in [0.29, 0.717) is 30.3 Å². The number of amides is 2. The molecule has 10 heteroatoms. The Hall–Kier alpha value is -3.11. The van der Waals surface area contributed by atoms with Gasteiger partial charge in [0.25, 0.3) is 0 Å². The number of ether oxygens (including phenoxy) is 3. The molecule has 1 aliphatic heterocycles. The Morgan fingerprint density at radius 2 is 1.55 bits per heavy atom. The van der Waals surface area contributed by atoms with E-state index in [-0.39, 0.29) is 29.2 Å². The van der Waals surface area contributed by atoms with Crippen LogP contribution in [0.1, 0.15) is 45.2 Å². The smallest absolute Gasteiger partial charge is 0.241 e. The second-order valence-corrected chi connectivity index (χ2v) is 9.09. The van der Waals surface area contributed by atoms with Crippen LogP contribution in [0.4, 0.5) is 5.69 Å². The second-order valence-electron chi connectivity index (χ2n) is 7.37. The molecule has 1 heterocycles. The zero-order valence-electron chi connectivity index (χ0n) is 19.1. The number of carbonyl (C=O) groups excluding carboxylic acids is 2. The van der Waals surface area contributed by atoms with Crippen molar-refractivity contribution in [3.8, 4) is 17.2 Å². The molecule has 33 heavy (non-hydrogen) atoms. The SMILES string of the molecule is CCOc1ccc([C@@H](C)NS(=O)(=O)c2ccc(OC)c(N3C(=O)CCC3=O)c2)cc1OCC. The van der Waals surface area contributed by atoms with Crippen molar-refractivity contribution >= 4 is 27.5 Å². The lowest BCUT2D eigenvalue weighted by molar-refractivity contribution is -0.121. The van der Waals surface area contributed by atoms with Crippen LogP contribution < -0.4 is 23.8 Å². The van der Waals surface area contributed by atoms with Gasteiger partial charge in [-0.25, -0.2) is 18.0 Å². The number of nitrogens with zero attached hydrogens (tertiary/aromatic N) is 1. The molecule has 0 radical (unpaired) electrons. The average molecular weight is 477 g/mol. The summed E-state index contributed by atoms with van der Waals surface area (Å²) in [5.41, 5.74) is 0.796. The van der Waals surface area contributed by atoms with Gasteiger partial charge in [-0.2, -0.15) is 0 Å². The van der Waals surface area contributed by atoms with Crippen molar-refractivity contribution in [3.63, 3.8) is 0 Å². The number of sulfonamides is 1. The molecule has 178 valence electrons. The summed E-state index contributed by atoms with van der Waals surface area (Å²) in [6, 6.07) is 8.72. The van der Waals surface area contributed by atoms with Crippen molar-refractivity contribution in [3.05, 3.63) is 42.0 Å². The third kappa shape index (κ3) is 5.28. The van der Waals surface area contributed by atoms with Crippen molar-refractivity contribution in [2.24, 2.45) is 0 Å². The fourth-order valence-corrected chi connectivity index (χ4v) is 4.81. The first-order valence-electron chi connectivity index (χ1n) is 10.7. The Morgan fingerprint density at radius 1 is 0.939 bits per heavy atom. The highest BCUT2D eigenvalue weighted by molar-refractivity contribution is 7.89. The van der Waals surface area contributed by atoms with E-state index < -0.39 is 27.9 Å². The van der Waals surface area contributed by atoms with Crippen LogP contribution in [0.15, 0.2) is 41.3 Å². The predicted molar refractivity (Wildman–Crippen MR) is 122 cm³/mol. The first-order valence-corrected chi connectivity index (χ1v) is 12.2. The standard InChI is InChI=1S/C23H28N2O7S/c1-5-31-20-9-7-16(13-21(20)32-6-2)15(3)24-33(28,29)17-8-10-19(30-4)18(14-17)25-22(26)11-12-23(25)27/h7-10,13-15,24H,5-6,11-12H2,1-4H3/t15-/m1/s1. The lowest BCUT2D eigenvalue weighted by Crippen LogP contribution is -2.30. The van der Waals surface area contributed by atoms with Crippen molar-refractivity contribution in [1.29, 1.82) is 0 Å². The molecule has 0 aliphatic carbocycles. The van der Waals surface area contributed by atoms with Gasteiger partial charge in [-0.05, 0) is 56.7 Å². The van der Waals surface area contributed by atoms with Gasteiger partial charge in [-0.3, -0.25) is 9.59 Å². The van der Waals surface area contributed by atoms with Gasteiger partial charge in [0.15, 0.2) is 11.5 Å². The summed E-state index contributed by atoms with van der Waals surface area (Å²) in [4.78, 5) is 25.3. The first kappa shape index (κ1) is 24.5. The van der Waals surface area contributed by atoms with Gasteiger partial charge in [-0.15, -0.1) is 0 Å². The summed E-state index contributed by atoms with van der Waals surface area (Å²) in [6.45, 7) is 6.34. The van der Waals surface area contributed by atoms with Crippen molar-refractivity contribution in [2.45, 2.75) is 44.6 Å². The summed E-state index contributed by atoms with van der Waals surface area (Å²) in [6.07, 6.45) is 0.155. The van der Waals surface area contributed by atoms with Gasteiger partial charge in [0.1, 0.15) is 5.75 Å². The Bertz CT molecular complexity index is 1130. The highest BCUT2D eigenvalue weighted by atomic mass is 32.2. The first-order chi connectivity index (χ1) is 15.7. The molecule has 2 amide bonds. The molecule has 3 rings (SSSR count). The van der Waals surface area contributed by atoms with E-state index in [1.807, 2.05) is 13.8 Å². The summed E-state index contributed by atoms with van der Waals surface area (Å²) < 4.78 is 45.3. The molecule has 9 nitrogen and oxygen atoms in total. The Kier molecular flexibility index (Phi) is 7.60. The predicted octanol–water partition coefficient (Wildman–Crippen LogP) is 3.19. The average Bonchev–Trinajstić information content (AvgIpc) is 3.12. The minimum Gasteiger partial charge on any atom is -0.495 e. The Labute approximate surface area is 193 Å². The Morgan fingerprint density at radius 3 is 2.15 bits per heavy atom. The van der Waals surface area contributed by atoms with E-state index >= 15 is 0 Å². The number of nitrogens with one attached hydrogen (secondary N) is 1. The van der Waals surface area contributed by atoms with Gasteiger partial charge >= 0.3 is 0 Å². The lowest BCUT2D eigenvalue weighted by atomic mass is 10.1. The van der Waals surface area contributed by atoms with Crippen LogP contribution >= 0.6 is 0 Å². The number of imide groups is 1. The number of hydrogen-bond acceptors (Lipinski definition) is 7. The van der Waals surface area contributed by atoms with E-state index in [4.69, 9.17) is 14.2 Å². The van der Waals surface area contributed by atoms with E-state index in [2.05, 4.69) is 4.72 Å². The number of benzene rings is 2. The quantitative estimate of drug-likeness (QED) is 0.524. The molecular weight excluding hydrogens is 448 g/mol. The Balaban J connectivity index is 1.90. The lowest BCUT2D eigenvalue weighted by Gasteiger charge is -2.20. The maximum Gasteiger partial charge on any atom is 0.241 e. The van der Waals surface area contributed by atoms with Crippen molar-refractivity contribution < 1.29 is 32.2 Å². The zero-order chi connectivity index (χ0) is 24.2. The van der Waals surface area contributed by atoms with Gasteiger partial charge < -0.3 is 14.2 Å². The summed E-state index contributed by atoms with van der Waals surface area (Å²) in [7, 11) is -2.60. The molecule has 1 fully saturated rings.